The molecule has 0 aromatic heterocycles. The van der Waals surface area contributed by atoms with Crippen LogP contribution in [0.1, 0.15) is 66.2 Å². The highest BCUT2D eigenvalue weighted by molar-refractivity contribution is 8.02. The highest BCUT2D eigenvalue weighted by atomic mass is 32.2. The molecule has 7 atom stereocenters. The van der Waals surface area contributed by atoms with Gasteiger partial charge in [-0.3, -0.25) is 14.4 Å². The Labute approximate surface area is 227 Å². The molecule has 0 aliphatic carbocycles. The van der Waals surface area contributed by atoms with Crippen molar-refractivity contribution in [1.82, 2.24) is 14.7 Å². The van der Waals surface area contributed by atoms with Gasteiger partial charge in [0.1, 0.15) is 6.04 Å². The second-order valence-electron chi connectivity index (χ2n) is 10.9. The monoisotopic (exact) mass is 533 g/mol. The molecule has 0 radical (unpaired) electrons. The molecule has 3 unspecified atom stereocenters. The molecule has 1 spiro atoms. The van der Waals surface area contributed by atoms with E-state index in [1.165, 1.54) is 0 Å². The molecule has 3 aliphatic rings. The number of fused-ring (bicyclic) bond motifs is 1. The van der Waals surface area contributed by atoms with Crippen molar-refractivity contribution in [3.8, 4) is 0 Å². The summed E-state index contributed by atoms with van der Waals surface area (Å²) in [5, 5.41) is 10.3. The van der Waals surface area contributed by atoms with Crippen LogP contribution in [-0.2, 0) is 14.4 Å². The first-order valence-corrected chi connectivity index (χ1v) is 15.1. The Morgan fingerprint density at radius 1 is 1.11 bits per heavy atom. The lowest BCUT2D eigenvalue weighted by atomic mass is 9.65. The van der Waals surface area contributed by atoms with Gasteiger partial charge < -0.3 is 19.8 Å². The molecule has 0 aromatic carbocycles. The average molecular weight is 534 g/mol. The molecule has 3 fully saturated rings. The minimum Gasteiger partial charge on any atom is -0.394 e. The summed E-state index contributed by atoms with van der Waals surface area (Å²) >= 11 is 1.70. The number of rotatable bonds is 15. The van der Waals surface area contributed by atoms with Crippen LogP contribution in [0.2, 0.25) is 0 Å². The Morgan fingerprint density at radius 3 is 2.30 bits per heavy atom. The van der Waals surface area contributed by atoms with Gasteiger partial charge in [-0.1, -0.05) is 52.7 Å². The van der Waals surface area contributed by atoms with E-state index < -0.39 is 28.7 Å². The van der Waals surface area contributed by atoms with Gasteiger partial charge in [0.05, 0.1) is 29.2 Å². The standard InChI is InChI=1S/C29H47N3O4S/c1-7-12-13-17-31(16-10-4)28(36)25-29-20(6)18-22(37-29)23(26(34)30(14-8-2)15-9-3)24(29)27(35)32(25)21(11-5)19-33/h8,10,20-25,33H,2,4,7,9,11-19H2,1,3,5-6H3/t20?,21-,22+,23-,24-,25?,29?/m0/s1. The quantitative estimate of drug-likeness (QED) is 0.256. The van der Waals surface area contributed by atoms with Crippen LogP contribution < -0.4 is 0 Å². The molecular formula is C29H47N3O4S. The second-order valence-corrected chi connectivity index (χ2v) is 12.4. The van der Waals surface area contributed by atoms with Crippen molar-refractivity contribution >= 4 is 29.5 Å². The lowest BCUT2D eigenvalue weighted by molar-refractivity contribution is -0.147. The van der Waals surface area contributed by atoms with Crippen molar-refractivity contribution in [2.45, 2.75) is 88.3 Å². The van der Waals surface area contributed by atoms with Gasteiger partial charge in [-0.15, -0.1) is 24.9 Å². The number of hydrogen-bond acceptors (Lipinski definition) is 5. The van der Waals surface area contributed by atoms with Crippen LogP contribution in [0, 0.1) is 17.8 Å². The summed E-state index contributed by atoms with van der Waals surface area (Å²) in [5.41, 5.74) is 0. The van der Waals surface area contributed by atoms with E-state index in [9.17, 15) is 19.5 Å². The van der Waals surface area contributed by atoms with Gasteiger partial charge in [-0.25, -0.2) is 0 Å². The van der Waals surface area contributed by atoms with Crippen LogP contribution in [0.25, 0.3) is 0 Å². The Hall–Kier alpha value is -1.80. The normalized spacial score (nSPS) is 30.8. The molecule has 0 saturated carbocycles. The molecule has 7 nitrogen and oxygen atoms in total. The smallest absolute Gasteiger partial charge is 0.247 e. The zero-order chi connectivity index (χ0) is 27.3. The Balaban J connectivity index is 2.08. The maximum absolute atomic E-state index is 14.4. The summed E-state index contributed by atoms with van der Waals surface area (Å²) < 4.78 is -0.669. The van der Waals surface area contributed by atoms with E-state index in [1.807, 2.05) is 23.6 Å². The predicted molar refractivity (Wildman–Crippen MR) is 150 cm³/mol. The van der Waals surface area contributed by atoms with Gasteiger partial charge in [0.25, 0.3) is 0 Å². The average Bonchev–Trinajstić information content (AvgIpc) is 3.47. The van der Waals surface area contributed by atoms with Crippen molar-refractivity contribution in [3.63, 3.8) is 0 Å². The van der Waals surface area contributed by atoms with Crippen LogP contribution in [0.4, 0.5) is 0 Å². The minimum absolute atomic E-state index is 0.00219. The van der Waals surface area contributed by atoms with E-state index in [0.717, 1.165) is 32.1 Å². The van der Waals surface area contributed by atoms with Crippen LogP contribution in [-0.4, -0.2) is 92.4 Å². The number of hydrogen-bond donors (Lipinski definition) is 1. The first kappa shape index (κ1) is 29.8. The number of unbranched alkanes of at least 4 members (excludes halogenated alkanes) is 2. The first-order chi connectivity index (χ1) is 17.8. The SMILES string of the molecule is C=CCN(CCCCC)C(=O)C1N([C@@H](CC)CO)C(=O)[C@@H]2[C@@H](C(=O)N(CC=C)CCC)[C@H]3CC(C)C12S3. The molecule has 3 amide bonds. The molecular weight excluding hydrogens is 486 g/mol. The van der Waals surface area contributed by atoms with Gasteiger partial charge in [0.15, 0.2) is 0 Å². The largest absolute Gasteiger partial charge is 0.394 e. The highest BCUT2D eigenvalue weighted by Crippen LogP contribution is 2.69. The van der Waals surface area contributed by atoms with Gasteiger partial charge >= 0.3 is 0 Å². The third kappa shape index (κ3) is 5.12. The van der Waals surface area contributed by atoms with Gasteiger partial charge in [-0.05, 0) is 31.6 Å². The van der Waals surface area contributed by atoms with Crippen molar-refractivity contribution in [2.24, 2.45) is 17.8 Å². The topological polar surface area (TPSA) is 81.2 Å². The zero-order valence-corrected chi connectivity index (χ0v) is 24.0. The number of aliphatic hydroxyl groups excluding tert-OH is 1. The third-order valence-electron chi connectivity index (χ3n) is 8.63. The van der Waals surface area contributed by atoms with Crippen molar-refractivity contribution in [1.29, 1.82) is 0 Å². The maximum Gasteiger partial charge on any atom is 0.247 e. The molecule has 2 bridgehead atoms. The number of amides is 3. The van der Waals surface area contributed by atoms with Crippen molar-refractivity contribution < 1.29 is 19.5 Å². The van der Waals surface area contributed by atoms with E-state index in [1.54, 1.807) is 28.8 Å². The van der Waals surface area contributed by atoms with Crippen molar-refractivity contribution in [3.05, 3.63) is 25.3 Å². The number of thioether (sulfide) groups is 1. The lowest BCUT2D eigenvalue weighted by Gasteiger charge is -2.42. The van der Waals surface area contributed by atoms with E-state index in [4.69, 9.17) is 0 Å². The molecule has 8 heteroatoms. The van der Waals surface area contributed by atoms with E-state index >= 15 is 0 Å². The van der Waals surface area contributed by atoms with Gasteiger partial charge in [0, 0.05) is 31.4 Å². The fourth-order valence-corrected chi connectivity index (χ4v) is 9.32. The molecule has 3 aliphatic heterocycles. The zero-order valence-electron chi connectivity index (χ0n) is 23.2. The number of carbonyl (C=O) groups is 3. The van der Waals surface area contributed by atoms with Crippen LogP contribution in [0.5, 0.6) is 0 Å². The fraction of sp³-hybridized carbons (Fsp3) is 0.759. The lowest BCUT2D eigenvalue weighted by Crippen LogP contribution is -2.59. The molecule has 3 heterocycles. The van der Waals surface area contributed by atoms with E-state index in [-0.39, 0.29) is 35.5 Å². The van der Waals surface area contributed by atoms with Gasteiger partial charge in [-0.2, -0.15) is 0 Å². The molecule has 0 aromatic rings. The molecule has 208 valence electrons. The number of aliphatic hydroxyl groups is 1. The Morgan fingerprint density at radius 2 is 1.76 bits per heavy atom. The van der Waals surface area contributed by atoms with Crippen LogP contribution in [0.3, 0.4) is 0 Å². The van der Waals surface area contributed by atoms with Crippen LogP contribution in [0.15, 0.2) is 25.3 Å². The Bertz CT molecular complexity index is 862. The summed E-state index contributed by atoms with van der Waals surface area (Å²) in [4.78, 5) is 48.0. The first-order valence-electron chi connectivity index (χ1n) is 14.2. The third-order valence-corrected chi connectivity index (χ3v) is 10.7. The highest BCUT2D eigenvalue weighted by Gasteiger charge is 2.76. The second kappa shape index (κ2) is 12.8. The summed E-state index contributed by atoms with van der Waals surface area (Å²) in [5.74, 6) is -1.11. The summed E-state index contributed by atoms with van der Waals surface area (Å²) in [6.45, 7) is 17.9. The van der Waals surface area contributed by atoms with E-state index in [0.29, 0.717) is 32.6 Å². The summed E-state index contributed by atoms with van der Waals surface area (Å²) in [6.07, 6.45) is 8.64. The predicted octanol–water partition coefficient (Wildman–Crippen LogP) is 3.72. The van der Waals surface area contributed by atoms with Crippen LogP contribution >= 0.6 is 11.8 Å². The molecule has 1 N–H and O–H groups in total. The Kier molecular flexibility index (Phi) is 10.3. The number of nitrogens with zero attached hydrogens (tertiary/aromatic N) is 3. The summed E-state index contributed by atoms with van der Waals surface area (Å²) in [7, 11) is 0. The van der Waals surface area contributed by atoms with Crippen molar-refractivity contribution in [2.75, 3.05) is 32.8 Å². The van der Waals surface area contributed by atoms with Gasteiger partial charge in [0.2, 0.25) is 17.7 Å². The number of likely N-dealkylation sites (tertiary alicyclic amines) is 1. The van der Waals surface area contributed by atoms with E-state index in [2.05, 4.69) is 27.0 Å². The maximum atomic E-state index is 14.4. The number of carbonyl (C=O) groups excluding carboxylic acids is 3. The minimum atomic E-state index is -0.689. The molecule has 3 rings (SSSR count). The molecule has 37 heavy (non-hydrogen) atoms. The fourth-order valence-electron chi connectivity index (χ4n) is 6.93. The summed E-state index contributed by atoms with van der Waals surface area (Å²) in [6, 6.07) is -1.14. The molecule has 3 saturated heterocycles.